The Labute approximate surface area is 146 Å². The van der Waals surface area contributed by atoms with Crippen molar-refractivity contribution in [1.82, 2.24) is 14.8 Å². The Balaban J connectivity index is 1.68. The molecule has 1 aromatic carbocycles. The third kappa shape index (κ3) is 2.80. The van der Waals surface area contributed by atoms with E-state index < -0.39 is 11.7 Å². The standard InChI is InChI=1S/C16H14N4O4S/c1-19-13(15(23)24-18-19)12(21)8-25-16-17-11-5-3-2-4-10(11)14(22)20(16)9-6-7-9/h2-5,9H,6-8H2,1H3. The number of Topliss-reactive ketones (excluding diaryl/α,β-unsaturated/α-hetero) is 1. The number of carbonyl (C=O) groups excluding carboxylic acids is 1. The molecular formula is C16H14N4O4S. The highest BCUT2D eigenvalue weighted by Gasteiger charge is 2.30. The summed E-state index contributed by atoms with van der Waals surface area (Å²) >= 11 is 1.15. The lowest BCUT2D eigenvalue weighted by molar-refractivity contribution is -0.741. The van der Waals surface area contributed by atoms with E-state index in [9.17, 15) is 14.7 Å². The lowest BCUT2D eigenvalue weighted by atomic mass is 10.2. The van der Waals surface area contributed by atoms with Crippen molar-refractivity contribution in [2.24, 2.45) is 7.05 Å². The maximum absolute atomic E-state index is 12.8. The number of benzene rings is 1. The summed E-state index contributed by atoms with van der Waals surface area (Å²) in [6.07, 6.45) is 1.85. The zero-order valence-corrected chi connectivity index (χ0v) is 14.2. The fourth-order valence-electron chi connectivity index (χ4n) is 2.69. The van der Waals surface area contributed by atoms with Gasteiger partial charge in [-0.05, 0) is 25.0 Å². The van der Waals surface area contributed by atoms with E-state index in [1.165, 1.54) is 7.05 Å². The normalized spacial score (nSPS) is 14.1. The first-order valence-electron chi connectivity index (χ1n) is 7.76. The molecule has 0 spiro atoms. The van der Waals surface area contributed by atoms with Gasteiger partial charge in [0.25, 0.3) is 11.3 Å². The quantitative estimate of drug-likeness (QED) is 0.284. The average molecular weight is 358 g/mol. The van der Waals surface area contributed by atoms with Crippen LogP contribution in [0.15, 0.2) is 38.7 Å². The van der Waals surface area contributed by atoms with Crippen molar-refractivity contribution >= 4 is 28.4 Å². The molecule has 0 bridgehead atoms. The summed E-state index contributed by atoms with van der Waals surface area (Å²) in [6, 6.07) is 7.28. The maximum atomic E-state index is 12.8. The minimum absolute atomic E-state index is 0.0260. The van der Waals surface area contributed by atoms with E-state index in [4.69, 9.17) is 0 Å². The zero-order valence-electron chi connectivity index (χ0n) is 13.3. The van der Waals surface area contributed by atoms with Crippen LogP contribution in [0.25, 0.3) is 10.9 Å². The van der Waals surface area contributed by atoms with Crippen LogP contribution in [0.5, 0.6) is 5.95 Å². The highest BCUT2D eigenvalue weighted by Crippen LogP contribution is 2.36. The zero-order chi connectivity index (χ0) is 17.6. The Bertz CT molecular complexity index is 1020. The molecule has 1 fully saturated rings. The van der Waals surface area contributed by atoms with Crippen LogP contribution in [-0.2, 0) is 7.05 Å². The number of carbonyl (C=O) groups is 1. The number of ketones is 1. The summed E-state index contributed by atoms with van der Waals surface area (Å²) in [5, 5.41) is 16.0. The summed E-state index contributed by atoms with van der Waals surface area (Å²) in [7, 11) is 1.47. The minimum atomic E-state index is -0.765. The fraction of sp³-hybridized carbons (Fsp3) is 0.312. The second-order valence-corrected chi connectivity index (χ2v) is 6.80. The third-order valence-corrected chi connectivity index (χ3v) is 5.00. The largest absolute Gasteiger partial charge is 0.539 e. The van der Waals surface area contributed by atoms with E-state index in [2.05, 4.69) is 14.8 Å². The molecular weight excluding hydrogens is 344 g/mol. The van der Waals surface area contributed by atoms with E-state index in [-0.39, 0.29) is 23.0 Å². The molecule has 0 atom stereocenters. The van der Waals surface area contributed by atoms with Gasteiger partial charge in [0.05, 0.1) is 21.9 Å². The van der Waals surface area contributed by atoms with Crippen LogP contribution >= 0.6 is 11.8 Å². The second-order valence-electron chi connectivity index (χ2n) is 5.86. The summed E-state index contributed by atoms with van der Waals surface area (Å²) in [6.45, 7) is 0. The maximum Gasteiger partial charge on any atom is 0.300 e. The number of hydrogen-bond acceptors (Lipinski definition) is 7. The number of fused-ring (bicyclic) bond motifs is 1. The van der Waals surface area contributed by atoms with Crippen molar-refractivity contribution in [3.8, 4) is 5.95 Å². The van der Waals surface area contributed by atoms with Crippen molar-refractivity contribution < 1.29 is 19.1 Å². The molecule has 1 saturated carbocycles. The predicted octanol–water partition coefficient (Wildman–Crippen LogP) is 0.592. The first-order valence-corrected chi connectivity index (χ1v) is 8.75. The van der Waals surface area contributed by atoms with Crippen LogP contribution in [0.1, 0.15) is 29.4 Å². The lowest BCUT2D eigenvalue weighted by Gasteiger charge is -2.11. The highest BCUT2D eigenvalue weighted by molar-refractivity contribution is 7.99. The van der Waals surface area contributed by atoms with Crippen molar-refractivity contribution in [2.45, 2.75) is 24.0 Å². The molecule has 3 aromatic rings. The van der Waals surface area contributed by atoms with Gasteiger partial charge >= 0.3 is 0 Å². The molecule has 9 heteroatoms. The topological polar surface area (TPSA) is 105 Å². The number of rotatable bonds is 5. The van der Waals surface area contributed by atoms with Crippen LogP contribution in [0.3, 0.4) is 0 Å². The second kappa shape index (κ2) is 5.99. The molecule has 25 heavy (non-hydrogen) atoms. The van der Waals surface area contributed by atoms with Crippen molar-refractivity contribution in [2.75, 3.05) is 5.75 Å². The molecule has 0 N–H and O–H groups in total. The van der Waals surface area contributed by atoms with Crippen LogP contribution in [0, 0.1) is 0 Å². The molecule has 1 aliphatic carbocycles. The Morgan fingerprint density at radius 3 is 2.88 bits per heavy atom. The Kier molecular flexibility index (Phi) is 3.79. The van der Waals surface area contributed by atoms with Crippen LogP contribution in [-0.4, -0.2) is 26.4 Å². The van der Waals surface area contributed by atoms with Gasteiger partial charge in [-0.2, -0.15) is 0 Å². The fourth-order valence-corrected chi connectivity index (χ4v) is 3.62. The Morgan fingerprint density at radius 2 is 2.20 bits per heavy atom. The molecule has 0 radical (unpaired) electrons. The van der Waals surface area contributed by atoms with Gasteiger partial charge in [0.2, 0.25) is 5.78 Å². The van der Waals surface area contributed by atoms with E-state index in [0.29, 0.717) is 16.1 Å². The summed E-state index contributed by atoms with van der Waals surface area (Å²) in [5.74, 6) is -1.20. The average Bonchev–Trinajstić information content (AvgIpc) is 3.37. The van der Waals surface area contributed by atoms with Gasteiger partial charge in [-0.3, -0.25) is 14.2 Å². The van der Waals surface area contributed by atoms with Crippen LogP contribution in [0.4, 0.5) is 0 Å². The number of aromatic nitrogens is 4. The van der Waals surface area contributed by atoms with Gasteiger partial charge in [-0.15, -0.1) is 0 Å². The van der Waals surface area contributed by atoms with E-state index in [1.807, 2.05) is 6.07 Å². The number of para-hydroxylation sites is 1. The van der Waals surface area contributed by atoms with Gasteiger partial charge in [0.1, 0.15) is 0 Å². The van der Waals surface area contributed by atoms with Crippen molar-refractivity contribution in [1.29, 1.82) is 0 Å². The van der Waals surface area contributed by atoms with E-state index >= 15 is 0 Å². The first-order chi connectivity index (χ1) is 12.1. The number of aryl methyl sites for hydroxylation is 1. The molecule has 4 rings (SSSR count). The number of hydrogen-bond donors (Lipinski definition) is 0. The smallest absolute Gasteiger partial charge is 0.300 e. The van der Waals surface area contributed by atoms with Crippen molar-refractivity contribution in [3.05, 3.63) is 40.3 Å². The molecule has 128 valence electrons. The molecule has 1 aliphatic rings. The Hall–Kier alpha value is -2.68. The van der Waals surface area contributed by atoms with Gasteiger partial charge in [0, 0.05) is 6.04 Å². The van der Waals surface area contributed by atoms with Gasteiger partial charge in [-0.1, -0.05) is 28.6 Å². The molecule has 0 amide bonds. The molecule has 0 unspecified atom stereocenters. The van der Waals surface area contributed by atoms with Crippen LogP contribution in [0.2, 0.25) is 0 Å². The highest BCUT2D eigenvalue weighted by atomic mass is 32.2. The monoisotopic (exact) mass is 358 g/mol. The lowest BCUT2D eigenvalue weighted by Crippen LogP contribution is -2.37. The van der Waals surface area contributed by atoms with Crippen molar-refractivity contribution in [3.63, 3.8) is 0 Å². The molecule has 0 saturated heterocycles. The molecule has 8 nitrogen and oxygen atoms in total. The summed E-state index contributed by atoms with van der Waals surface area (Å²) in [5.41, 5.74) is 0.385. The van der Waals surface area contributed by atoms with Crippen LogP contribution < -0.4 is 15.3 Å². The SMILES string of the molecule is C[n+]1noc([O-])c1C(=O)CSc1nc2ccccc2c(=O)n1C1CC1. The van der Waals surface area contributed by atoms with Gasteiger partial charge < -0.3 is 9.63 Å². The van der Waals surface area contributed by atoms with Gasteiger partial charge in [-0.25, -0.2) is 4.98 Å². The number of thioether (sulfide) groups is 1. The van der Waals surface area contributed by atoms with E-state index in [0.717, 1.165) is 29.3 Å². The number of nitrogens with zero attached hydrogens (tertiary/aromatic N) is 4. The molecule has 2 aromatic heterocycles. The molecule has 0 aliphatic heterocycles. The Morgan fingerprint density at radius 1 is 1.44 bits per heavy atom. The first kappa shape index (κ1) is 15.8. The van der Waals surface area contributed by atoms with E-state index in [1.54, 1.807) is 22.8 Å². The van der Waals surface area contributed by atoms with Gasteiger partial charge in [0.15, 0.2) is 18.2 Å². The third-order valence-electron chi connectivity index (χ3n) is 4.05. The minimum Gasteiger partial charge on any atom is -0.539 e. The molecule has 2 heterocycles. The summed E-state index contributed by atoms with van der Waals surface area (Å²) < 4.78 is 7.25. The predicted molar refractivity (Wildman–Crippen MR) is 86.5 cm³/mol. The summed E-state index contributed by atoms with van der Waals surface area (Å²) in [4.78, 5) is 29.6.